The van der Waals surface area contributed by atoms with Crippen LogP contribution >= 0.6 is 11.3 Å². The van der Waals surface area contributed by atoms with Gasteiger partial charge in [0.1, 0.15) is 5.01 Å². The SMILES string of the molecule is O=c1cc(O)n2nc(CCC3CCCCC3)sc2n1. The Morgan fingerprint density at radius 1 is 1.37 bits per heavy atom. The second-order valence-corrected chi connectivity index (χ2v) is 6.23. The van der Waals surface area contributed by atoms with Gasteiger partial charge in [-0.05, 0) is 12.3 Å². The summed E-state index contributed by atoms with van der Waals surface area (Å²) >= 11 is 1.39. The lowest BCUT2D eigenvalue weighted by atomic mass is 9.86. The van der Waals surface area contributed by atoms with Gasteiger partial charge in [0.2, 0.25) is 10.8 Å². The first-order chi connectivity index (χ1) is 9.22. The molecule has 102 valence electrons. The van der Waals surface area contributed by atoms with Gasteiger partial charge in [-0.2, -0.15) is 14.6 Å². The van der Waals surface area contributed by atoms with Crippen molar-refractivity contribution >= 4 is 16.3 Å². The zero-order valence-corrected chi connectivity index (χ0v) is 11.5. The van der Waals surface area contributed by atoms with Crippen LogP contribution in [0.3, 0.4) is 0 Å². The Morgan fingerprint density at radius 3 is 2.95 bits per heavy atom. The fourth-order valence-corrected chi connectivity index (χ4v) is 3.65. The van der Waals surface area contributed by atoms with Crippen LogP contribution in [0.15, 0.2) is 10.9 Å². The van der Waals surface area contributed by atoms with E-state index in [4.69, 9.17) is 0 Å². The number of fused-ring (bicyclic) bond motifs is 1. The third-order valence-electron chi connectivity index (χ3n) is 3.77. The van der Waals surface area contributed by atoms with Gasteiger partial charge in [0, 0.05) is 6.42 Å². The Labute approximate surface area is 114 Å². The molecule has 1 aliphatic rings. The normalized spacial score (nSPS) is 17.1. The molecule has 0 radical (unpaired) electrons. The standard InChI is InChI=1S/C13H17N3O2S/c17-10-8-12(18)16-13(14-10)19-11(15-16)7-6-9-4-2-1-3-5-9/h8-9,18H,1-7H2. The van der Waals surface area contributed by atoms with E-state index < -0.39 is 5.56 Å². The number of aryl methyl sites for hydroxylation is 1. The second kappa shape index (κ2) is 5.28. The number of nitrogens with zero attached hydrogens (tertiary/aromatic N) is 3. The highest BCUT2D eigenvalue weighted by molar-refractivity contribution is 7.16. The molecule has 2 heterocycles. The van der Waals surface area contributed by atoms with Crippen LogP contribution in [0, 0.1) is 5.92 Å². The van der Waals surface area contributed by atoms with Gasteiger partial charge in [-0.3, -0.25) is 4.79 Å². The zero-order valence-electron chi connectivity index (χ0n) is 10.7. The number of rotatable bonds is 3. The molecule has 5 nitrogen and oxygen atoms in total. The van der Waals surface area contributed by atoms with Crippen molar-refractivity contribution in [2.45, 2.75) is 44.9 Å². The molecule has 0 amide bonds. The minimum atomic E-state index is -0.417. The summed E-state index contributed by atoms with van der Waals surface area (Å²) in [6.45, 7) is 0. The van der Waals surface area contributed by atoms with E-state index in [9.17, 15) is 9.90 Å². The quantitative estimate of drug-likeness (QED) is 0.936. The van der Waals surface area contributed by atoms with Crippen LogP contribution in [0.1, 0.15) is 43.5 Å². The van der Waals surface area contributed by atoms with Gasteiger partial charge in [-0.15, -0.1) is 0 Å². The molecule has 0 saturated heterocycles. The Kier molecular flexibility index (Phi) is 3.50. The van der Waals surface area contributed by atoms with E-state index in [0.29, 0.717) is 4.96 Å². The summed E-state index contributed by atoms with van der Waals surface area (Å²) in [6.07, 6.45) is 8.77. The summed E-state index contributed by atoms with van der Waals surface area (Å²) in [5.74, 6) is 0.678. The largest absolute Gasteiger partial charge is 0.493 e. The van der Waals surface area contributed by atoms with Gasteiger partial charge in [-0.25, -0.2) is 0 Å². The maximum atomic E-state index is 11.2. The summed E-state index contributed by atoms with van der Waals surface area (Å²) in [7, 11) is 0. The Hall–Kier alpha value is -1.43. The summed E-state index contributed by atoms with van der Waals surface area (Å²) < 4.78 is 1.35. The minimum Gasteiger partial charge on any atom is -0.493 e. The lowest BCUT2D eigenvalue weighted by Gasteiger charge is -2.20. The number of aromatic nitrogens is 3. The molecule has 0 bridgehead atoms. The van der Waals surface area contributed by atoms with Crippen LogP contribution in [0.5, 0.6) is 5.88 Å². The summed E-state index contributed by atoms with van der Waals surface area (Å²) in [5, 5.41) is 14.9. The summed E-state index contributed by atoms with van der Waals surface area (Å²) in [6, 6.07) is 1.09. The average Bonchev–Trinajstić information content (AvgIpc) is 2.81. The predicted molar refractivity (Wildman–Crippen MR) is 73.7 cm³/mol. The number of hydrogen-bond donors (Lipinski definition) is 1. The van der Waals surface area contributed by atoms with E-state index in [1.165, 1.54) is 48.0 Å². The van der Waals surface area contributed by atoms with Gasteiger partial charge in [0.25, 0.3) is 5.56 Å². The molecule has 3 rings (SSSR count). The molecule has 0 atom stereocenters. The van der Waals surface area contributed by atoms with Crippen LogP contribution in [-0.4, -0.2) is 19.7 Å². The molecule has 1 saturated carbocycles. The maximum absolute atomic E-state index is 11.2. The topological polar surface area (TPSA) is 67.5 Å². The Bertz CT molecular complexity index is 628. The molecule has 19 heavy (non-hydrogen) atoms. The van der Waals surface area contributed by atoms with Gasteiger partial charge in [0.15, 0.2) is 0 Å². The molecule has 2 aromatic heterocycles. The van der Waals surface area contributed by atoms with Crippen LogP contribution in [0.25, 0.3) is 4.96 Å². The molecule has 0 aliphatic heterocycles. The molecular weight excluding hydrogens is 262 g/mol. The average molecular weight is 279 g/mol. The molecule has 1 N–H and O–H groups in total. The van der Waals surface area contributed by atoms with E-state index >= 15 is 0 Å². The smallest absolute Gasteiger partial charge is 0.277 e. The number of hydrogen-bond acceptors (Lipinski definition) is 5. The first-order valence-electron chi connectivity index (χ1n) is 6.81. The second-order valence-electron chi connectivity index (χ2n) is 5.19. The van der Waals surface area contributed by atoms with Crippen LogP contribution in [0.2, 0.25) is 0 Å². The van der Waals surface area contributed by atoms with E-state index in [-0.39, 0.29) is 5.88 Å². The Balaban J connectivity index is 1.74. The third-order valence-corrected chi connectivity index (χ3v) is 4.74. The summed E-state index contributed by atoms with van der Waals surface area (Å²) in [4.78, 5) is 15.5. The van der Waals surface area contributed by atoms with Crippen molar-refractivity contribution in [2.24, 2.45) is 5.92 Å². The van der Waals surface area contributed by atoms with Crippen LogP contribution in [0.4, 0.5) is 0 Å². The predicted octanol–water partition coefficient (Wildman–Crippen LogP) is 2.37. The van der Waals surface area contributed by atoms with Crippen molar-refractivity contribution < 1.29 is 5.11 Å². The highest BCUT2D eigenvalue weighted by atomic mass is 32.1. The maximum Gasteiger partial charge on any atom is 0.277 e. The van der Waals surface area contributed by atoms with E-state index in [0.717, 1.165) is 29.8 Å². The lowest BCUT2D eigenvalue weighted by molar-refractivity contribution is 0.338. The lowest BCUT2D eigenvalue weighted by Crippen LogP contribution is -2.07. The Morgan fingerprint density at radius 2 is 2.16 bits per heavy atom. The van der Waals surface area contributed by atoms with Crippen molar-refractivity contribution in [2.75, 3.05) is 0 Å². The van der Waals surface area contributed by atoms with Crippen LogP contribution in [-0.2, 0) is 6.42 Å². The third kappa shape index (κ3) is 2.78. The number of aromatic hydroxyl groups is 1. The molecule has 1 fully saturated rings. The van der Waals surface area contributed by atoms with Gasteiger partial charge in [0.05, 0.1) is 6.07 Å². The molecule has 1 aliphatic carbocycles. The van der Waals surface area contributed by atoms with E-state index in [2.05, 4.69) is 10.1 Å². The van der Waals surface area contributed by atoms with Crippen molar-refractivity contribution in [3.05, 3.63) is 21.4 Å². The van der Waals surface area contributed by atoms with Gasteiger partial charge >= 0.3 is 0 Å². The van der Waals surface area contributed by atoms with Crippen LogP contribution < -0.4 is 5.56 Å². The van der Waals surface area contributed by atoms with Gasteiger partial charge < -0.3 is 5.11 Å². The van der Waals surface area contributed by atoms with E-state index in [1.54, 1.807) is 0 Å². The van der Waals surface area contributed by atoms with Crippen molar-refractivity contribution in [3.8, 4) is 5.88 Å². The highest BCUT2D eigenvalue weighted by Crippen LogP contribution is 2.28. The fourth-order valence-electron chi connectivity index (χ4n) is 2.75. The molecular formula is C13H17N3O2S. The van der Waals surface area contributed by atoms with E-state index in [1.807, 2.05) is 0 Å². The first kappa shape index (κ1) is 12.6. The highest BCUT2D eigenvalue weighted by Gasteiger charge is 2.15. The van der Waals surface area contributed by atoms with Crippen molar-refractivity contribution in [1.82, 2.24) is 14.6 Å². The molecule has 0 spiro atoms. The van der Waals surface area contributed by atoms with Gasteiger partial charge in [-0.1, -0.05) is 43.4 Å². The zero-order chi connectivity index (χ0) is 13.2. The van der Waals surface area contributed by atoms with Crippen molar-refractivity contribution in [1.29, 1.82) is 0 Å². The monoisotopic (exact) mass is 279 g/mol. The minimum absolute atomic E-state index is 0.129. The molecule has 0 aromatic carbocycles. The fraction of sp³-hybridized carbons (Fsp3) is 0.615. The van der Waals surface area contributed by atoms with Crippen molar-refractivity contribution in [3.63, 3.8) is 0 Å². The first-order valence-corrected chi connectivity index (χ1v) is 7.63. The molecule has 2 aromatic rings. The molecule has 0 unspecified atom stereocenters. The summed E-state index contributed by atoms with van der Waals surface area (Å²) in [5.41, 5.74) is -0.417. The molecule has 6 heteroatoms.